The van der Waals surface area contributed by atoms with Gasteiger partial charge in [-0.15, -0.1) is 0 Å². The lowest BCUT2D eigenvalue weighted by Crippen LogP contribution is -2.13. The van der Waals surface area contributed by atoms with Crippen molar-refractivity contribution in [2.75, 3.05) is 0 Å². The molecule has 0 fully saturated rings. The molecule has 0 aliphatic heterocycles. The minimum atomic E-state index is 0.921. The zero-order chi connectivity index (χ0) is 13.1. The molecule has 0 N–H and O–H groups in total. The largest absolute Gasteiger partial charge is 0.0654 e. The molecule has 0 heterocycles. The van der Waals surface area contributed by atoms with E-state index in [4.69, 9.17) is 0 Å². The molecule has 3 unspecified atom stereocenters. The molecule has 0 saturated heterocycles. The first-order valence-electron chi connectivity index (χ1n) is 8.15. The second kappa shape index (κ2) is 11.1. The van der Waals surface area contributed by atoms with Crippen molar-refractivity contribution in [2.45, 2.75) is 92.4 Å². The van der Waals surface area contributed by atoms with Crippen LogP contribution in [0.5, 0.6) is 0 Å². The molecule has 0 heteroatoms. The smallest absolute Gasteiger partial charge is 0.0414 e. The van der Waals surface area contributed by atoms with E-state index >= 15 is 0 Å². The van der Waals surface area contributed by atoms with E-state index in [9.17, 15) is 0 Å². The van der Waals surface area contributed by atoms with Crippen LogP contribution in [0.25, 0.3) is 0 Å². The number of hydrogen-bond acceptors (Lipinski definition) is 0. The van der Waals surface area contributed by atoms with Gasteiger partial charge in [-0.1, -0.05) is 86.0 Å². The molecule has 0 nitrogen and oxygen atoms in total. The number of hydrogen-bond donors (Lipinski definition) is 0. The first kappa shape index (κ1) is 17.0. The first-order chi connectivity index (χ1) is 8.15. The Morgan fingerprint density at radius 1 is 0.706 bits per heavy atom. The van der Waals surface area contributed by atoms with Crippen molar-refractivity contribution in [2.24, 2.45) is 17.8 Å². The average Bonchev–Trinajstić information content (AvgIpc) is 2.33. The SMILES string of the molecule is CCCCCCC(CC)CC(C)C(C)CCC. The summed E-state index contributed by atoms with van der Waals surface area (Å²) in [4.78, 5) is 0. The molecule has 0 aliphatic rings. The average molecular weight is 240 g/mol. The van der Waals surface area contributed by atoms with Crippen LogP contribution in [0.4, 0.5) is 0 Å². The van der Waals surface area contributed by atoms with Crippen LogP contribution in [-0.2, 0) is 0 Å². The zero-order valence-corrected chi connectivity index (χ0v) is 13.1. The van der Waals surface area contributed by atoms with Crippen LogP contribution in [0, 0.1) is 17.8 Å². The molecule has 0 amide bonds. The van der Waals surface area contributed by atoms with Crippen LogP contribution in [0.3, 0.4) is 0 Å². The van der Waals surface area contributed by atoms with Gasteiger partial charge in [-0.05, 0) is 24.2 Å². The molecule has 0 saturated carbocycles. The predicted molar refractivity (Wildman–Crippen MR) is 80.4 cm³/mol. The Morgan fingerprint density at radius 3 is 1.94 bits per heavy atom. The molecule has 104 valence electrons. The lowest BCUT2D eigenvalue weighted by Gasteiger charge is -2.24. The van der Waals surface area contributed by atoms with Crippen molar-refractivity contribution >= 4 is 0 Å². The van der Waals surface area contributed by atoms with Gasteiger partial charge in [0.25, 0.3) is 0 Å². The third-order valence-electron chi connectivity index (χ3n) is 4.46. The minimum absolute atomic E-state index is 0.921. The van der Waals surface area contributed by atoms with Gasteiger partial charge >= 0.3 is 0 Å². The van der Waals surface area contributed by atoms with Gasteiger partial charge < -0.3 is 0 Å². The van der Waals surface area contributed by atoms with Crippen molar-refractivity contribution < 1.29 is 0 Å². The van der Waals surface area contributed by atoms with E-state index in [1.165, 1.54) is 57.8 Å². The Labute approximate surface area is 111 Å². The van der Waals surface area contributed by atoms with Crippen LogP contribution in [-0.4, -0.2) is 0 Å². The van der Waals surface area contributed by atoms with Crippen LogP contribution in [0.2, 0.25) is 0 Å². The summed E-state index contributed by atoms with van der Waals surface area (Å²) in [7, 11) is 0. The van der Waals surface area contributed by atoms with E-state index in [-0.39, 0.29) is 0 Å². The van der Waals surface area contributed by atoms with Crippen molar-refractivity contribution in [3.05, 3.63) is 0 Å². The van der Waals surface area contributed by atoms with Crippen molar-refractivity contribution in [3.8, 4) is 0 Å². The van der Waals surface area contributed by atoms with Gasteiger partial charge in [0.1, 0.15) is 0 Å². The Morgan fingerprint density at radius 2 is 1.41 bits per heavy atom. The van der Waals surface area contributed by atoms with Gasteiger partial charge in [-0.25, -0.2) is 0 Å². The fourth-order valence-electron chi connectivity index (χ4n) is 2.85. The van der Waals surface area contributed by atoms with Gasteiger partial charge in [-0.2, -0.15) is 0 Å². The standard InChI is InChI=1S/C17H36/c1-6-9-10-11-13-17(8-3)14-16(5)15(4)12-7-2/h15-17H,6-14H2,1-5H3. The van der Waals surface area contributed by atoms with Crippen molar-refractivity contribution in [1.29, 1.82) is 0 Å². The predicted octanol–water partition coefficient (Wildman–Crippen LogP) is 6.45. The molecule has 0 radical (unpaired) electrons. The Balaban J connectivity index is 3.78. The third kappa shape index (κ3) is 8.69. The summed E-state index contributed by atoms with van der Waals surface area (Å²) < 4.78 is 0. The van der Waals surface area contributed by atoms with E-state index in [1.54, 1.807) is 0 Å². The summed E-state index contributed by atoms with van der Waals surface area (Å²) >= 11 is 0. The van der Waals surface area contributed by atoms with Gasteiger partial charge in [0.2, 0.25) is 0 Å². The summed E-state index contributed by atoms with van der Waals surface area (Å²) in [6, 6.07) is 0. The summed E-state index contributed by atoms with van der Waals surface area (Å²) in [6.45, 7) is 11.9. The lowest BCUT2D eigenvalue weighted by atomic mass is 9.82. The van der Waals surface area contributed by atoms with Crippen LogP contribution >= 0.6 is 0 Å². The lowest BCUT2D eigenvalue weighted by molar-refractivity contribution is 0.271. The fraction of sp³-hybridized carbons (Fsp3) is 1.00. The Kier molecular flexibility index (Phi) is 11.1. The molecule has 0 aromatic carbocycles. The van der Waals surface area contributed by atoms with Crippen LogP contribution in [0.1, 0.15) is 92.4 Å². The quantitative estimate of drug-likeness (QED) is 0.364. The van der Waals surface area contributed by atoms with Gasteiger partial charge in [0.05, 0.1) is 0 Å². The number of unbranched alkanes of at least 4 members (excludes halogenated alkanes) is 3. The minimum Gasteiger partial charge on any atom is -0.0654 e. The maximum absolute atomic E-state index is 2.47. The van der Waals surface area contributed by atoms with Crippen LogP contribution < -0.4 is 0 Å². The molecule has 0 bridgehead atoms. The highest BCUT2D eigenvalue weighted by atomic mass is 14.2. The number of rotatable bonds is 11. The van der Waals surface area contributed by atoms with E-state index in [1.807, 2.05) is 0 Å². The van der Waals surface area contributed by atoms with Crippen LogP contribution in [0.15, 0.2) is 0 Å². The Bertz CT molecular complexity index is 150. The highest BCUT2D eigenvalue weighted by Gasteiger charge is 2.16. The molecule has 0 aromatic rings. The highest BCUT2D eigenvalue weighted by molar-refractivity contribution is 4.67. The molecule has 0 aromatic heterocycles. The molecular formula is C17H36. The van der Waals surface area contributed by atoms with Crippen molar-refractivity contribution in [3.63, 3.8) is 0 Å². The normalized spacial score (nSPS) is 16.8. The molecule has 17 heavy (non-hydrogen) atoms. The van der Waals surface area contributed by atoms with E-state index < -0.39 is 0 Å². The van der Waals surface area contributed by atoms with Gasteiger partial charge in [0.15, 0.2) is 0 Å². The molecular weight excluding hydrogens is 204 g/mol. The topological polar surface area (TPSA) is 0 Å². The summed E-state index contributed by atoms with van der Waals surface area (Å²) in [5, 5.41) is 0. The zero-order valence-electron chi connectivity index (χ0n) is 13.1. The summed E-state index contributed by atoms with van der Waals surface area (Å²) in [5.41, 5.74) is 0. The molecule has 0 aliphatic carbocycles. The molecule has 3 atom stereocenters. The van der Waals surface area contributed by atoms with Gasteiger partial charge in [-0.3, -0.25) is 0 Å². The van der Waals surface area contributed by atoms with E-state index in [2.05, 4.69) is 34.6 Å². The Hall–Kier alpha value is 0. The second-order valence-electron chi connectivity index (χ2n) is 6.10. The highest BCUT2D eigenvalue weighted by Crippen LogP contribution is 2.28. The van der Waals surface area contributed by atoms with Crippen molar-refractivity contribution in [1.82, 2.24) is 0 Å². The fourth-order valence-corrected chi connectivity index (χ4v) is 2.85. The van der Waals surface area contributed by atoms with Gasteiger partial charge in [0, 0.05) is 0 Å². The van der Waals surface area contributed by atoms with E-state index in [0.29, 0.717) is 0 Å². The monoisotopic (exact) mass is 240 g/mol. The first-order valence-corrected chi connectivity index (χ1v) is 8.15. The second-order valence-corrected chi connectivity index (χ2v) is 6.10. The third-order valence-corrected chi connectivity index (χ3v) is 4.46. The molecule has 0 rings (SSSR count). The maximum Gasteiger partial charge on any atom is -0.0414 e. The summed E-state index contributed by atoms with van der Waals surface area (Å²) in [6.07, 6.45) is 12.8. The summed E-state index contributed by atoms with van der Waals surface area (Å²) in [5.74, 6) is 2.83. The molecule has 0 spiro atoms. The maximum atomic E-state index is 2.47. The van der Waals surface area contributed by atoms with E-state index in [0.717, 1.165) is 17.8 Å².